The zero-order valence-electron chi connectivity index (χ0n) is 10.5. The van der Waals surface area contributed by atoms with Gasteiger partial charge in [0, 0.05) is 18.2 Å². The Bertz CT molecular complexity index is 315. The van der Waals surface area contributed by atoms with Crippen LogP contribution >= 0.6 is 0 Å². The maximum Gasteiger partial charge on any atom is 0.120 e. The lowest BCUT2D eigenvalue weighted by Gasteiger charge is -2.18. The zero-order valence-corrected chi connectivity index (χ0v) is 10.5. The second-order valence-electron chi connectivity index (χ2n) is 4.26. The molecule has 0 aliphatic carbocycles. The summed E-state index contributed by atoms with van der Waals surface area (Å²) in [4.78, 5) is 0. The largest absolute Gasteiger partial charge is 0.508 e. The van der Waals surface area contributed by atoms with Gasteiger partial charge in [-0.1, -0.05) is 25.1 Å². The molecule has 3 nitrogen and oxygen atoms in total. The molecular formula is C14H23NO2. The average molecular weight is 237 g/mol. The fourth-order valence-electron chi connectivity index (χ4n) is 1.95. The van der Waals surface area contributed by atoms with Crippen molar-refractivity contribution < 1.29 is 10.2 Å². The molecule has 0 saturated carbocycles. The summed E-state index contributed by atoms with van der Waals surface area (Å²) in [5, 5.41) is 21.9. The van der Waals surface area contributed by atoms with Crippen LogP contribution in [-0.2, 0) is 0 Å². The first-order valence-corrected chi connectivity index (χ1v) is 6.41. The van der Waals surface area contributed by atoms with Gasteiger partial charge in [-0.2, -0.15) is 0 Å². The number of nitrogens with one attached hydrogen (secondary N) is 1. The van der Waals surface area contributed by atoms with Crippen LogP contribution in [0.3, 0.4) is 0 Å². The molecule has 1 aromatic rings. The van der Waals surface area contributed by atoms with Crippen molar-refractivity contribution in [3.63, 3.8) is 0 Å². The average Bonchev–Trinajstić information content (AvgIpc) is 2.35. The van der Waals surface area contributed by atoms with Gasteiger partial charge in [-0.05, 0) is 38.3 Å². The minimum Gasteiger partial charge on any atom is -0.508 e. The smallest absolute Gasteiger partial charge is 0.120 e. The Kier molecular flexibility index (Phi) is 6.67. The molecule has 1 atom stereocenters. The fraction of sp³-hybridized carbons (Fsp3) is 0.571. The maximum absolute atomic E-state index is 9.78. The van der Waals surface area contributed by atoms with E-state index in [2.05, 4.69) is 12.2 Å². The van der Waals surface area contributed by atoms with Crippen molar-refractivity contribution in [1.82, 2.24) is 5.32 Å². The van der Waals surface area contributed by atoms with Gasteiger partial charge in [0.15, 0.2) is 0 Å². The van der Waals surface area contributed by atoms with Crippen LogP contribution in [0.2, 0.25) is 0 Å². The quantitative estimate of drug-likeness (QED) is 0.609. The van der Waals surface area contributed by atoms with Gasteiger partial charge < -0.3 is 15.5 Å². The lowest BCUT2D eigenvalue weighted by atomic mass is 10.0. The van der Waals surface area contributed by atoms with E-state index in [1.54, 1.807) is 6.07 Å². The molecule has 0 amide bonds. The molecule has 1 unspecified atom stereocenters. The van der Waals surface area contributed by atoms with Crippen LogP contribution < -0.4 is 5.32 Å². The van der Waals surface area contributed by atoms with E-state index in [-0.39, 0.29) is 12.6 Å². The van der Waals surface area contributed by atoms with Gasteiger partial charge in [0.05, 0.1) is 0 Å². The number of hydrogen-bond donors (Lipinski definition) is 3. The van der Waals surface area contributed by atoms with Crippen LogP contribution in [-0.4, -0.2) is 23.4 Å². The summed E-state index contributed by atoms with van der Waals surface area (Å²) in [5.41, 5.74) is 0.970. The predicted octanol–water partition coefficient (Wildman–Crippen LogP) is 2.60. The minimum absolute atomic E-state index is 0.213. The number of phenols is 1. The molecule has 1 rings (SSSR count). The second-order valence-corrected chi connectivity index (χ2v) is 4.26. The van der Waals surface area contributed by atoms with Crippen LogP contribution in [0.5, 0.6) is 5.75 Å². The Labute approximate surface area is 103 Å². The van der Waals surface area contributed by atoms with Crippen molar-refractivity contribution >= 4 is 0 Å². The highest BCUT2D eigenvalue weighted by Gasteiger charge is 2.11. The van der Waals surface area contributed by atoms with E-state index in [1.165, 1.54) is 0 Å². The van der Waals surface area contributed by atoms with Crippen LogP contribution in [0.25, 0.3) is 0 Å². The highest BCUT2D eigenvalue weighted by Crippen LogP contribution is 2.25. The number of benzene rings is 1. The van der Waals surface area contributed by atoms with Gasteiger partial charge in [-0.15, -0.1) is 0 Å². The second kappa shape index (κ2) is 8.09. The van der Waals surface area contributed by atoms with Gasteiger partial charge in [-0.3, -0.25) is 0 Å². The molecule has 0 bridgehead atoms. The van der Waals surface area contributed by atoms with Crippen molar-refractivity contribution in [3.05, 3.63) is 29.8 Å². The first-order valence-electron chi connectivity index (χ1n) is 6.41. The van der Waals surface area contributed by atoms with Gasteiger partial charge >= 0.3 is 0 Å². The minimum atomic E-state index is 0.213. The summed E-state index contributed by atoms with van der Waals surface area (Å²) in [5.74, 6) is 0.363. The summed E-state index contributed by atoms with van der Waals surface area (Å²) in [6.45, 7) is 3.31. The molecule has 96 valence electrons. The standard InChI is InChI=1S/C14H23NO2/c1-2-13(15-10-6-3-7-11-16)12-8-4-5-9-14(12)17/h4-5,8-9,13,15-17H,2-3,6-7,10-11H2,1H3. The number of phenolic OH excluding ortho intramolecular Hbond substituents is 1. The summed E-state index contributed by atoms with van der Waals surface area (Å²) < 4.78 is 0. The Morgan fingerprint density at radius 2 is 1.94 bits per heavy atom. The van der Waals surface area contributed by atoms with E-state index in [1.807, 2.05) is 18.2 Å². The Hall–Kier alpha value is -1.06. The molecule has 0 aliphatic heterocycles. The number of unbranched alkanes of at least 4 members (excludes halogenated alkanes) is 2. The van der Waals surface area contributed by atoms with Crippen molar-refractivity contribution in [2.45, 2.75) is 38.6 Å². The Morgan fingerprint density at radius 3 is 2.59 bits per heavy atom. The third kappa shape index (κ3) is 4.75. The number of aliphatic hydroxyl groups excluding tert-OH is 1. The molecule has 0 aliphatic rings. The highest BCUT2D eigenvalue weighted by molar-refractivity contribution is 5.34. The normalized spacial score (nSPS) is 12.6. The van der Waals surface area contributed by atoms with Crippen LogP contribution in [0, 0.1) is 0 Å². The van der Waals surface area contributed by atoms with E-state index in [9.17, 15) is 5.11 Å². The number of hydrogen-bond acceptors (Lipinski definition) is 3. The van der Waals surface area contributed by atoms with Gasteiger partial charge in [-0.25, -0.2) is 0 Å². The number of para-hydroxylation sites is 1. The van der Waals surface area contributed by atoms with Gasteiger partial charge in [0.25, 0.3) is 0 Å². The summed E-state index contributed by atoms with van der Waals surface area (Å²) in [6.07, 6.45) is 3.93. The van der Waals surface area contributed by atoms with Crippen molar-refractivity contribution in [2.24, 2.45) is 0 Å². The lowest BCUT2D eigenvalue weighted by molar-refractivity contribution is 0.282. The molecule has 0 spiro atoms. The molecule has 0 fully saturated rings. The van der Waals surface area contributed by atoms with Crippen molar-refractivity contribution in [1.29, 1.82) is 0 Å². The van der Waals surface area contributed by atoms with E-state index in [0.29, 0.717) is 5.75 Å². The number of aliphatic hydroxyl groups is 1. The number of rotatable bonds is 8. The predicted molar refractivity (Wildman–Crippen MR) is 70.1 cm³/mol. The van der Waals surface area contributed by atoms with Crippen LogP contribution in [0.4, 0.5) is 0 Å². The third-order valence-corrected chi connectivity index (χ3v) is 2.95. The molecule has 1 aromatic carbocycles. The molecule has 0 saturated heterocycles. The van der Waals surface area contributed by atoms with E-state index >= 15 is 0 Å². The topological polar surface area (TPSA) is 52.5 Å². The van der Waals surface area contributed by atoms with Crippen molar-refractivity contribution in [2.75, 3.05) is 13.2 Å². The lowest BCUT2D eigenvalue weighted by Crippen LogP contribution is -2.22. The Morgan fingerprint density at radius 1 is 1.18 bits per heavy atom. The Balaban J connectivity index is 2.41. The maximum atomic E-state index is 9.78. The van der Waals surface area contributed by atoms with Crippen molar-refractivity contribution in [3.8, 4) is 5.75 Å². The highest BCUT2D eigenvalue weighted by atomic mass is 16.3. The van der Waals surface area contributed by atoms with Gasteiger partial charge in [0.2, 0.25) is 0 Å². The molecule has 0 radical (unpaired) electrons. The van der Waals surface area contributed by atoms with Gasteiger partial charge in [0.1, 0.15) is 5.75 Å². The summed E-state index contributed by atoms with van der Waals surface area (Å²) in [6, 6.07) is 7.69. The van der Waals surface area contributed by atoms with E-state index in [4.69, 9.17) is 5.11 Å². The molecule has 3 N–H and O–H groups in total. The molecule has 3 heteroatoms. The summed E-state index contributed by atoms with van der Waals surface area (Å²) in [7, 11) is 0. The molecule has 17 heavy (non-hydrogen) atoms. The molecule has 0 heterocycles. The first kappa shape index (κ1) is 14.0. The zero-order chi connectivity index (χ0) is 12.5. The van der Waals surface area contributed by atoms with Crippen LogP contribution in [0.1, 0.15) is 44.2 Å². The van der Waals surface area contributed by atoms with E-state index < -0.39 is 0 Å². The summed E-state index contributed by atoms with van der Waals surface area (Å²) >= 11 is 0. The number of aromatic hydroxyl groups is 1. The first-order chi connectivity index (χ1) is 8.29. The third-order valence-electron chi connectivity index (χ3n) is 2.95. The molecular weight excluding hydrogens is 214 g/mol. The fourth-order valence-corrected chi connectivity index (χ4v) is 1.95. The SMILES string of the molecule is CCC(NCCCCCO)c1ccccc1O. The van der Waals surface area contributed by atoms with Crippen LogP contribution in [0.15, 0.2) is 24.3 Å². The van der Waals surface area contributed by atoms with E-state index in [0.717, 1.165) is 37.8 Å². The molecule has 0 aromatic heterocycles. The monoisotopic (exact) mass is 237 g/mol.